The first-order valence-corrected chi connectivity index (χ1v) is 4.33. The Morgan fingerprint density at radius 3 is 2.36 bits per heavy atom. The first kappa shape index (κ1) is 12.6. The van der Waals surface area contributed by atoms with Gasteiger partial charge in [0.05, 0.1) is 6.61 Å². The van der Waals surface area contributed by atoms with Crippen molar-refractivity contribution in [1.82, 2.24) is 0 Å². The molecule has 0 radical (unpaired) electrons. The minimum atomic E-state index is -1.13. The summed E-state index contributed by atoms with van der Waals surface area (Å²) in [7, 11) is 0. The molecule has 0 aromatic carbocycles. The summed E-state index contributed by atoms with van der Waals surface area (Å²) in [5, 5.41) is 8.90. The summed E-state index contributed by atoms with van der Waals surface area (Å²) in [4.78, 5) is 21.6. The van der Waals surface area contributed by atoms with Crippen molar-refractivity contribution in [2.24, 2.45) is 0 Å². The molecule has 5 nitrogen and oxygen atoms in total. The summed E-state index contributed by atoms with van der Waals surface area (Å²) in [6.45, 7) is 3.56. The van der Waals surface area contributed by atoms with E-state index in [1.54, 1.807) is 13.8 Å². The second kappa shape index (κ2) is 7.08. The van der Waals surface area contributed by atoms with Crippen molar-refractivity contribution < 1.29 is 24.2 Å². The van der Waals surface area contributed by atoms with Gasteiger partial charge in [0, 0.05) is 18.6 Å². The van der Waals surface area contributed by atoms with Gasteiger partial charge in [-0.1, -0.05) is 6.92 Å². The molecule has 0 rings (SSSR count). The molecule has 0 aromatic rings. The molecule has 0 aromatic heterocycles. The van der Waals surface area contributed by atoms with E-state index >= 15 is 0 Å². The molecule has 5 heteroatoms. The van der Waals surface area contributed by atoms with Crippen LogP contribution in [0.4, 0.5) is 0 Å². The van der Waals surface area contributed by atoms with E-state index in [9.17, 15) is 9.59 Å². The van der Waals surface area contributed by atoms with Crippen LogP contribution in [0.2, 0.25) is 0 Å². The maximum atomic E-state index is 10.8. The normalized spacial score (nSPS) is 12.5. The van der Waals surface area contributed by atoms with Gasteiger partial charge in [0.2, 0.25) is 6.29 Å². The van der Waals surface area contributed by atoms with E-state index in [0.29, 0.717) is 6.42 Å². The number of ether oxygens (including phenoxy) is 2. The fourth-order valence-corrected chi connectivity index (χ4v) is 0.583. The number of hydrogen-bond donors (Lipinski definition) is 1. The van der Waals surface area contributed by atoms with Crippen molar-refractivity contribution >= 4 is 11.9 Å². The second-order valence-electron chi connectivity index (χ2n) is 2.39. The van der Waals surface area contributed by atoms with Gasteiger partial charge in [-0.05, 0) is 6.92 Å². The Kier molecular flexibility index (Phi) is 6.39. The minimum absolute atomic E-state index is 0.246. The van der Waals surface area contributed by atoms with Gasteiger partial charge < -0.3 is 14.6 Å². The van der Waals surface area contributed by atoms with Gasteiger partial charge in [0.25, 0.3) is 0 Å². The number of aliphatic hydroxyl groups is 1. The molecule has 14 heavy (non-hydrogen) atoms. The molecule has 0 amide bonds. The van der Waals surface area contributed by atoms with E-state index in [2.05, 4.69) is 9.47 Å². The highest BCUT2D eigenvalue weighted by atomic mass is 16.6. The molecule has 1 N–H and O–H groups in total. The summed E-state index contributed by atoms with van der Waals surface area (Å²) in [5.74, 6) is -1.39. The third kappa shape index (κ3) is 6.19. The maximum absolute atomic E-state index is 10.8. The molecule has 80 valence electrons. The molecule has 0 spiro atoms. The average molecular weight is 202 g/mol. The molecule has 0 saturated carbocycles. The Labute approximate surface area is 82.3 Å². The number of carbonyl (C=O) groups excluding carboxylic acids is 2. The molecule has 0 aliphatic carbocycles. The van der Waals surface area contributed by atoms with Crippen molar-refractivity contribution in [1.29, 1.82) is 0 Å². The lowest BCUT2D eigenvalue weighted by Gasteiger charge is -2.06. The van der Waals surface area contributed by atoms with E-state index in [0.717, 1.165) is 12.2 Å². The lowest BCUT2D eigenvalue weighted by atomic mass is 10.4. The summed E-state index contributed by atoms with van der Waals surface area (Å²) in [6.07, 6.45) is 1.04. The Morgan fingerprint density at radius 2 is 1.86 bits per heavy atom. The lowest BCUT2D eigenvalue weighted by molar-refractivity contribution is -0.162. The van der Waals surface area contributed by atoms with E-state index in [4.69, 9.17) is 5.11 Å². The Balaban J connectivity index is 3.87. The molecule has 0 aliphatic heterocycles. The zero-order valence-electron chi connectivity index (χ0n) is 8.23. The SMILES string of the molecule is CCOC(=O)C=CC(=O)OC(O)CC. The predicted octanol–water partition coefficient (Wildman–Crippen LogP) is 0.377. The molecule has 0 saturated heterocycles. The zero-order valence-corrected chi connectivity index (χ0v) is 8.23. The van der Waals surface area contributed by atoms with Crippen LogP contribution >= 0.6 is 0 Å². The van der Waals surface area contributed by atoms with Crippen molar-refractivity contribution in [3.63, 3.8) is 0 Å². The van der Waals surface area contributed by atoms with Gasteiger partial charge >= 0.3 is 11.9 Å². The van der Waals surface area contributed by atoms with Crippen LogP contribution in [0.3, 0.4) is 0 Å². The molecule has 0 aliphatic rings. The fraction of sp³-hybridized carbons (Fsp3) is 0.556. The summed E-state index contributed by atoms with van der Waals surface area (Å²) >= 11 is 0. The number of esters is 2. The van der Waals surface area contributed by atoms with Gasteiger partial charge in [-0.25, -0.2) is 9.59 Å². The molecule has 0 heterocycles. The first-order chi connectivity index (χ1) is 6.60. The lowest BCUT2D eigenvalue weighted by Crippen LogP contribution is -2.15. The van der Waals surface area contributed by atoms with E-state index < -0.39 is 18.2 Å². The fourth-order valence-electron chi connectivity index (χ4n) is 0.583. The molecular formula is C9H14O5. The van der Waals surface area contributed by atoms with Crippen molar-refractivity contribution in [3.8, 4) is 0 Å². The number of carbonyl (C=O) groups is 2. The van der Waals surface area contributed by atoms with Crippen LogP contribution in [0.5, 0.6) is 0 Å². The standard InChI is InChI=1S/C9H14O5/c1-3-7(10)14-9(12)6-5-8(11)13-4-2/h5-7,10H,3-4H2,1-2H3. The van der Waals surface area contributed by atoms with Crippen LogP contribution in [0.1, 0.15) is 20.3 Å². The highest BCUT2D eigenvalue weighted by molar-refractivity contribution is 5.91. The third-order valence-electron chi connectivity index (χ3n) is 1.24. The van der Waals surface area contributed by atoms with Crippen LogP contribution in [0.15, 0.2) is 12.2 Å². The summed E-state index contributed by atoms with van der Waals surface area (Å²) in [5.41, 5.74) is 0. The van der Waals surface area contributed by atoms with Crippen molar-refractivity contribution in [2.75, 3.05) is 6.61 Å². The van der Waals surface area contributed by atoms with E-state index in [1.807, 2.05) is 0 Å². The van der Waals surface area contributed by atoms with Crippen LogP contribution in [-0.2, 0) is 19.1 Å². The molecule has 0 bridgehead atoms. The maximum Gasteiger partial charge on any atom is 0.333 e. The topological polar surface area (TPSA) is 72.8 Å². The number of aliphatic hydroxyl groups excluding tert-OH is 1. The van der Waals surface area contributed by atoms with Crippen molar-refractivity contribution in [2.45, 2.75) is 26.6 Å². The largest absolute Gasteiger partial charge is 0.463 e. The molecule has 1 atom stereocenters. The monoisotopic (exact) mass is 202 g/mol. The van der Waals surface area contributed by atoms with Crippen molar-refractivity contribution in [3.05, 3.63) is 12.2 Å². The van der Waals surface area contributed by atoms with Crippen LogP contribution < -0.4 is 0 Å². The number of rotatable bonds is 5. The highest BCUT2D eigenvalue weighted by Gasteiger charge is 2.05. The van der Waals surface area contributed by atoms with Crippen LogP contribution in [0, 0.1) is 0 Å². The van der Waals surface area contributed by atoms with Gasteiger partial charge in [0.15, 0.2) is 0 Å². The Hall–Kier alpha value is -1.36. The van der Waals surface area contributed by atoms with Gasteiger partial charge in [-0.3, -0.25) is 0 Å². The predicted molar refractivity (Wildman–Crippen MR) is 48.2 cm³/mol. The molecular weight excluding hydrogens is 188 g/mol. The van der Waals surface area contributed by atoms with Gasteiger partial charge in [-0.15, -0.1) is 0 Å². The number of hydrogen-bond acceptors (Lipinski definition) is 5. The Bertz CT molecular complexity index is 221. The van der Waals surface area contributed by atoms with Gasteiger partial charge in [0.1, 0.15) is 0 Å². The summed E-state index contributed by atoms with van der Waals surface area (Å²) in [6, 6.07) is 0. The molecule has 1 unspecified atom stereocenters. The first-order valence-electron chi connectivity index (χ1n) is 4.33. The summed E-state index contributed by atoms with van der Waals surface area (Å²) < 4.78 is 8.98. The van der Waals surface area contributed by atoms with E-state index in [-0.39, 0.29) is 6.61 Å². The van der Waals surface area contributed by atoms with Crippen LogP contribution in [-0.4, -0.2) is 29.9 Å². The van der Waals surface area contributed by atoms with Gasteiger partial charge in [-0.2, -0.15) is 0 Å². The van der Waals surface area contributed by atoms with E-state index in [1.165, 1.54) is 0 Å². The molecule has 0 fully saturated rings. The third-order valence-corrected chi connectivity index (χ3v) is 1.24. The average Bonchev–Trinajstić information content (AvgIpc) is 2.15. The smallest absolute Gasteiger partial charge is 0.333 e. The second-order valence-corrected chi connectivity index (χ2v) is 2.39. The van der Waals surface area contributed by atoms with Crippen LogP contribution in [0.25, 0.3) is 0 Å². The Morgan fingerprint density at radius 1 is 1.29 bits per heavy atom. The zero-order chi connectivity index (χ0) is 11.0. The highest BCUT2D eigenvalue weighted by Crippen LogP contribution is 1.94. The minimum Gasteiger partial charge on any atom is -0.463 e. The quantitative estimate of drug-likeness (QED) is 0.396.